The van der Waals surface area contributed by atoms with Crippen LogP contribution in [0.25, 0.3) is 0 Å². The Balaban J connectivity index is 2.19. The lowest BCUT2D eigenvalue weighted by Crippen LogP contribution is -2.52. The van der Waals surface area contributed by atoms with E-state index in [0.29, 0.717) is 13.1 Å². The summed E-state index contributed by atoms with van der Waals surface area (Å²) >= 11 is 0. The topological polar surface area (TPSA) is 93.1 Å². The van der Waals surface area contributed by atoms with Crippen LogP contribution in [0.1, 0.15) is 0 Å². The Kier molecular flexibility index (Phi) is 4.09. The number of carboxylic acid groups (broad SMARTS) is 1. The predicted molar refractivity (Wildman–Crippen MR) is 74.1 cm³/mol. The Hall–Kier alpha value is -2.28. The zero-order valence-electron chi connectivity index (χ0n) is 11.1. The Morgan fingerprint density at radius 3 is 2.55 bits per heavy atom. The summed E-state index contributed by atoms with van der Waals surface area (Å²) in [5, 5.41) is 20.1. The largest absolute Gasteiger partial charge is 0.480 e. The first-order valence-corrected chi connectivity index (χ1v) is 6.26. The Morgan fingerprint density at radius 2 is 1.95 bits per heavy atom. The molecular formula is C13H17N3O4. The van der Waals surface area contributed by atoms with Crippen molar-refractivity contribution in [3.8, 4) is 0 Å². The monoisotopic (exact) mass is 279 g/mol. The summed E-state index contributed by atoms with van der Waals surface area (Å²) in [6.45, 7) is 0.467. The molecule has 0 unspecified atom stereocenters. The van der Waals surface area contributed by atoms with E-state index in [0.717, 1.165) is 11.4 Å². The quantitative estimate of drug-likeness (QED) is 0.729. The molecule has 1 atom stereocenters. The molecule has 1 aliphatic heterocycles. The number of fused-ring (bicyclic) bond motifs is 1. The Morgan fingerprint density at radius 1 is 1.30 bits per heavy atom. The Labute approximate surface area is 116 Å². The van der Waals surface area contributed by atoms with Crippen molar-refractivity contribution in [1.29, 1.82) is 0 Å². The van der Waals surface area contributed by atoms with Crippen molar-refractivity contribution in [2.75, 3.05) is 36.5 Å². The molecule has 1 heterocycles. The number of aliphatic hydroxyl groups excluding tert-OH is 1. The summed E-state index contributed by atoms with van der Waals surface area (Å²) in [5.74, 6) is -1.26. The lowest BCUT2D eigenvalue weighted by molar-refractivity contribution is -0.140. The molecule has 0 bridgehead atoms. The highest BCUT2D eigenvalue weighted by atomic mass is 16.4. The molecule has 1 aromatic carbocycles. The maximum Gasteiger partial charge on any atom is 0.328 e. The minimum Gasteiger partial charge on any atom is -0.480 e. The van der Waals surface area contributed by atoms with Crippen molar-refractivity contribution in [1.82, 2.24) is 5.32 Å². The smallest absolute Gasteiger partial charge is 0.328 e. The molecule has 0 aromatic heterocycles. The number of nitrogens with zero attached hydrogens (tertiary/aromatic N) is 2. The second-order valence-corrected chi connectivity index (χ2v) is 4.58. The van der Waals surface area contributed by atoms with Gasteiger partial charge in [-0.2, -0.15) is 0 Å². The van der Waals surface area contributed by atoms with Crippen LogP contribution >= 0.6 is 0 Å². The van der Waals surface area contributed by atoms with Gasteiger partial charge in [-0.25, -0.2) is 9.59 Å². The molecule has 20 heavy (non-hydrogen) atoms. The first kappa shape index (κ1) is 14.1. The number of para-hydroxylation sites is 2. The third kappa shape index (κ3) is 2.67. The average molecular weight is 279 g/mol. The summed E-state index contributed by atoms with van der Waals surface area (Å²) < 4.78 is 0. The number of nitrogens with one attached hydrogen (secondary N) is 1. The third-order valence-electron chi connectivity index (χ3n) is 3.27. The van der Waals surface area contributed by atoms with Gasteiger partial charge in [-0.1, -0.05) is 12.1 Å². The highest BCUT2D eigenvalue weighted by Gasteiger charge is 2.27. The molecule has 7 nitrogen and oxygen atoms in total. The van der Waals surface area contributed by atoms with Gasteiger partial charge in [-0.05, 0) is 12.1 Å². The lowest BCUT2D eigenvalue weighted by Gasteiger charge is -2.35. The number of likely N-dealkylation sites (N-methyl/N-ethyl adjacent to an activating group) is 1. The number of hydrogen-bond donors (Lipinski definition) is 3. The van der Waals surface area contributed by atoms with E-state index in [1.807, 2.05) is 30.1 Å². The van der Waals surface area contributed by atoms with Crippen LogP contribution in [0, 0.1) is 0 Å². The number of anilines is 2. The van der Waals surface area contributed by atoms with Crippen LogP contribution in [0.2, 0.25) is 0 Å². The van der Waals surface area contributed by atoms with E-state index < -0.39 is 24.6 Å². The first-order chi connectivity index (χ1) is 9.54. The molecule has 0 aliphatic carbocycles. The third-order valence-corrected chi connectivity index (χ3v) is 3.27. The minimum absolute atomic E-state index is 0.455. The van der Waals surface area contributed by atoms with Crippen LogP contribution in [0.3, 0.4) is 0 Å². The molecule has 1 aliphatic rings. The van der Waals surface area contributed by atoms with Gasteiger partial charge >= 0.3 is 12.0 Å². The number of urea groups is 1. The van der Waals surface area contributed by atoms with Gasteiger partial charge in [-0.15, -0.1) is 0 Å². The highest BCUT2D eigenvalue weighted by molar-refractivity contribution is 5.98. The fourth-order valence-electron chi connectivity index (χ4n) is 2.13. The van der Waals surface area contributed by atoms with Crippen LogP contribution in [0.5, 0.6) is 0 Å². The number of amides is 2. The molecule has 0 saturated carbocycles. The van der Waals surface area contributed by atoms with Gasteiger partial charge in [0.05, 0.1) is 18.0 Å². The van der Waals surface area contributed by atoms with E-state index in [9.17, 15) is 9.59 Å². The normalized spacial score (nSPS) is 15.5. The van der Waals surface area contributed by atoms with Crippen LogP contribution < -0.4 is 15.1 Å². The van der Waals surface area contributed by atoms with Crippen LogP contribution in [-0.2, 0) is 4.79 Å². The van der Waals surface area contributed by atoms with Gasteiger partial charge < -0.3 is 20.4 Å². The van der Waals surface area contributed by atoms with E-state index in [4.69, 9.17) is 10.2 Å². The molecule has 1 aromatic rings. The molecule has 0 spiro atoms. The van der Waals surface area contributed by atoms with Gasteiger partial charge in [0, 0.05) is 20.1 Å². The number of rotatable bonds is 3. The van der Waals surface area contributed by atoms with Gasteiger partial charge in [0.1, 0.15) is 0 Å². The van der Waals surface area contributed by atoms with E-state index in [-0.39, 0.29) is 0 Å². The molecule has 0 saturated heterocycles. The number of aliphatic hydroxyl groups is 1. The van der Waals surface area contributed by atoms with Crippen LogP contribution in [-0.4, -0.2) is 55.0 Å². The molecule has 108 valence electrons. The minimum atomic E-state index is -1.30. The van der Waals surface area contributed by atoms with Crippen LogP contribution in [0.4, 0.5) is 16.2 Å². The number of carbonyl (C=O) groups is 2. The molecular weight excluding hydrogens is 262 g/mol. The standard InChI is InChI=1S/C13H17N3O4/c1-15-6-7-16(11-5-3-2-4-10(11)15)13(20)14-9(8-17)12(18)19/h2-5,9,17H,6-8H2,1H3,(H,14,20)(H,18,19)/t9-/m0/s1. The molecule has 2 rings (SSSR count). The van der Waals surface area contributed by atoms with E-state index in [1.165, 1.54) is 4.90 Å². The van der Waals surface area contributed by atoms with Gasteiger partial charge in [0.2, 0.25) is 0 Å². The summed E-state index contributed by atoms with van der Waals surface area (Å²) in [4.78, 5) is 26.5. The fraction of sp³-hybridized carbons (Fsp3) is 0.385. The maximum atomic E-state index is 12.2. The van der Waals surface area contributed by atoms with Gasteiger partial charge in [0.25, 0.3) is 0 Å². The van der Waals surface area contributed by atoms with Gasteiger partial charge in [0.15, 0.2) is 6.04 Å². The SMILES string of the molecule is CN1CCN(C(=O)N[C@@H](CO)C(=O)O)c2ccccc21. The van der Waals surface area contributed by atoms with Crippen molar-refractivity contribution in [3.63, 3.8) is 0 Å². The number of hydrogen-bond acceptors (Lipinski definition) is 4. The lowest BCUT2D eigenvalue weighted by atomic mass is 10.2. The van der Waals surface area contributed by atoms with E-state index in [1.54, 1.807) is 6.07 Å². The van der Waals surface area contributed by atoms with Crippen molar-refractivity contribution >= 4 is 23.4 Å². The molecule has 7 heteroatoms. The van der Waals surface area contributed by atoms with Gasteiger partial charge in [-0.3, -0.25) is 4.90 Å². The highest BCUT2D eigenvalue weighted by Crippen LogP contribution is 2.31. The van der Waals surface area contributed by atoms with E-state index >= 15 is 0 Å². The Bertz CT molecular complexity index is 520. The summed E-state index contributed by atoms with van der Waals surface area (Å²) in [7, 11) is 1.93. The number of carbonyl (C=O) groups excluding carboxylic acids is 1. The average Bonchev–Trinajstić information content (AvgIpc) is 2.45. The molecule has 2 amide bonds. The van der Waals surface area contributed by atoms with Crippen molar-refractivity contribution in [3.05, 3.63) is 24.3 Å². The van der Waals surface area contributed by atoms with Crippen molar-refractivity contribution in [2.45, 2.75) is 6.04 Å². The molecule has 0 radical (unpaired) electrons. The fourth-order valence-corrected chi connectivity index (χ4v) is 2.13. The summed E-state index contributed by atoms with van der Waals surface area (Å²) in [6, 6.07) is 5.58. The maximum absolute atomic E-state index is 12.2. The molecule has 3 N–H and O–H groups in total. The second kappa shape index (κ2) is 5.79. The molecule has 0 fully saturated rings. The zero-order chi connectivity index (χ0) is 14.7. The summed E-state index contributed by atoms with van der Waals surface area (Å²) in [5.41, 5.74) is 1.63. The second-order valence-electron chi connectivity index (χ2n) is 4.58. The van der Waals surface area contributed by atoms with Crippen LogP contribution in [0.15, 0.2) is 24.3 Å². The van der Waals surface area contributed by atoms with Crippen molar-refractivity contribution in [2.24, 2.45) is 0 Å². The zero-order valence-corrected chi connectivity index (χ0v) is 11.1. The van der Waals surface area contributed by atoms with E-state index in [2.05, 4.69) is 5.32 Å². The summed E-state index contributed by atoms with van der Waals surface area (Å²) in [6.07, 6.45) is 0. The first-order valence-electron chi connectivity index (χ1n) is 6.26. The predicted octanol–water partition coefficient (Wildman–Crippen LogP) is 0.0979. The number of aliphatic carboxylic acids is 1. The van der Waals surface area contributed by atoms with Crippen molar-refractivity contribution < 1.29 is 19.8 Å². The number of benzene rings is 1. The number of carboxylic acids is 1.